The molecule has 2 aliphatic heterocycles. The van der Waals surface area contributed by atoms with E-state index in [1.165, 1.54) is 11.0 Å². The molecular weight excluding hydrogens is 404 g/mol. The molecule has 0 fully saturated rings. The Hall–Kier alpha value is -3.93. The van der Waals surface area contributed by atoms with Crippen molar-refractivity contribution in [1.82, 2.24) is 10.2 Å². The standard InChI is InChI=1S/C26H22N2O4/c1-16-7-10-23-21(13-16)22(11-12-32-23)27-24(29)18-8-9-19-20(14-18)26(31)28(25(19)30)15-17-5-3-2-4-6-17/h2-10,13-14,22H,11-12,15H2,1H3,(H,27,29). The van der Waals surface area contributed by atoms with E-state index in [1.54, 1.807) is 12.1 Å². The smallest absolute Gasteiger partial charge is 0.261 e. The van der Waals surface area contributed by atoms with Gasteiger partial charge < -0.3 is 10.1 Å². The number of carbonyl (C=O) groups is 3. The Bertz CT molecular complexity index is 1240. The lowest BCUT2D eigenvalue weighted by Crippen LogP contribution is -2.32. The summed E-state index contributed by atoms with van der Waals surface area (Å²) in [4.78, 5) is 39.9. The zero-order chi connectivity index (χ0) is 22.2. The number of ether oxygens (including phenoxy) is 1. The molecule has 0 radical (unpaired) electrons. The number of nitrogens with zero attached hydrogens (tertiary/aromatic N) is 1. The Morgan fingerprint density at radius 3 is 2.59 bits per heavy atom. The molecule has 0 aromatic heterocycles. The molecule has 3 aromatic carbocycles. The van der Waals surface area contributed by atoms with Crippen LogP contribution in [0.5, 0.6) is 5.75 Å². The monoisotopic (exact) mass is 426 g/mol. The summed E-state index contributed by atoms with van der Waals surface area (Å²) >= 11 is 0. The Balaban J connectivity index is 1.37. The molecule has 3 aromatic rings. The number of aryl methyl sites for hydroxylation is 1. The fourth-order valence-electron chi connectivity index (χ4n) is 4.25. The number of hydrogen-bond acceptors (Lipinski definition) is 4. The summed E-state index contributed by atoms with van der Waals surface area (Å²) in [6, 6.07) is 19.8. The number of fused-ring (bicyclic) bond motifs is 2. The van der Waals surface area contributed by atoms with Crippen molar-refractivity contribution in [2.75, 3.05) is 6.61 Å². The van der Waals surface area contributed by atoms with E-state index in [0.29, 0.717) is 24.2 Å². The molecule has 0 aliphatic carbocycles. The molecule has 32 heavy (non-hydrogen) atoms. The topological polar surface area (TPSA) is 75.7 Å². The van der Waals surface area contributed by atoms with E-state index in [2.05, 4.69) is 5.32 Å². The van der Waals surface area contributed by atoms with Crippen molar-refractivity contribution in [2.45, 2.75) is 25.9 Å². The molecule has 6 heteroatoms. The van der Waals surface area contributed by atoms with Crippen LogP contribution in [0.15, 0.2) is 66.7 Å². The molecule has 0 saturated heterocycles. The van der Waals surface area contributed by atoms with Crippen LogP contribution in [0.2, 0.25) is 0 Å². The Kier molecular flexibility index (Phi) is 4.98. The van der Waals surface area contributed by atoms with Gasteiger partial charge >= 0.3 is 0 Å². The fourth-order valence-corrected chi connectivity index (χ4v) is 4.25. The molecule has 1 N–H and O–H groups in total. The third kappa shape index (κ3) is 3.54. The van der Waals surface area contributed by atoms with Gasteiger partial charge in [-0.1, -0.05) is 48.0 Å². The van der Waals surface area contributed by atoms with Crippen LogP contribution >= 0.6 is 0 Å². The minimum absolute atomic E-state index is 0.175. The number of rotatable bonds is 4. The maximum atomic E-state index is 13.0. The molecule has 1 unspecified atom stereocenters. The van der Waals surface area contributed by atoms with Gasteiger partial charge in [-0.2, -0.15) is 0 Å². The highest BCUT2D eigenvalue weighted by Crippen LogP contribution is 2.33. The van der Waals surface area contributed by atoms with E-state index in [-0.39, 0.29) is 35.9 Å². The molecule has 0 spiro atoms. The highest BCUT2D eigenvalue weighted by Gasteiger charge is 2.36. The fraction of sp³-hybridized carbons (Fsp3) is 0.192. The highest BCUT2D eigenvalue weighted by molar-refractivity contribution is 6.22. The average Bonchev–Trinajstić information content (AvgIpc) is 3.04. The van der Waals surface area contributed by atoms with Crippen LogP contribution in [0.1, 0.15) is 60.2 Å². The van der Waals surface area contributed by atoms with Gasteiger partial charge in [-0.3, -0.25) is 19.3 Å². The molecular formula is C26H22N2O4. The van der Waals surface area contributed by atoms with Crippen molar-refractivity contribution < 1.29 is 19.1 Å². The number of nitrogens with one attached hydrogen (secondary N) is 1. The van der Waals surface area contributed by atoms with Crippen molar-refractivity contribution in [1.29, 1.82) is 0 Å². The lowest BCUT2D eigenvalue weighted by Gasteiger charge is -2.27. The SMILES string of the molecule is Cc1ccc2c(c1)C(NC(=O)c1ccc3c(c1)C(=O)N(Cc1ccccc1)C3=O)CCO2. The first kappa shape index (κ1) is 20.0. The van der Waals surface area contributed by atoms with Crippen molar-refractivity contribution >= 4 is 17.7 Å². The second-order valence-corrected chi connectivity index (χ2v) is 8.15. The van der Waals surface area contributed by atoms with Gasteiger partial charge in [0, 0.05) is 17.5 Å². The predicted octanol–water partition coefficient (Wildman–Crippen LogP) is 4.04. The second kappa shape index (κ2) is 7.96. The van der Waals surface area contributed by atoms with Crippen LogP contribution in [0.4, 0.5) is 0 Å². The largest absolute Gasteiger partial charge is 0.493 e. The quantitative estimate of drug-likeness (QED) is 0.639. The van der Waals surface area contributed by atoms with Crippen LogP contribution in [-0.2, 0) is 6.54 Å². The van der Waals surface area contributed by atoms with E-state index in [4.69, 9.17) is 4.74 Å². The summed E-state index contributed by atoms with van der Waals surface area (Å²) in [5, 5.41) is 3.06. The normalized spacial score (nSPS) is 16.9. The molecule has 2 heterocycles. The number of benzene rings is 3. The van der Waals surface area contributed by atoms with Crippen LogP contribution in [-0.4, -0.2) is 29.2 Å². The number of imide groups is 1. The minimum Gasteiger partial charge on any atom is -0.493 e. The first-order valence-corrected chi connectivity index (χ1v) is 10.6. The number of amides is 3. The molecule has 2 aliphatic rings. The average molecular weight is 426 g/mol. The summed E-state index contributed by atoms with van der Waals surface area (Å²) in [5.74, 6) is -0.225. The molecule has 160 valence electrons. The van der Waals surface area contributed by atoms with Gasteiger partial charge in [-0.15, -0.1) is 0 Å². The summed E-state index contributed by atoms with van der Waals surface area (Å²) in [7, 11) is 0. The zero-order valence-corrected chi connectivity index (χ0v) is 17.6. The van der Waals surface area contributed by atoms with Crippen molar-refractivity contribution in [3.63, 3.8) is 0 Å². The molecule has 6 nitrogen and oxygen atoms in total. The summed E-state index contributed by atoms with van der Waals surface area (Å²) < 4.78 is 5.70. The molecule has 5 rings (SSSR count). The van der Waals surface area contributed by atoms with E-state index >= 15 is 0 Å². The van der Waals surface area contributed by atoms with Crippen molar-refractivity contribution in [3.8, 4) is 5.75 Å². The van der Waals surface area contributed by atoms with E-state index < -0.39 is 0 Å². The van der Waals surface area contributed by atoms with Gasteiger partial charge in [0.25, 0.3) is 17.7 Å². The Morgan fingerprint density at radius 1 is 1.00 bits per heavy atom. The molecule has 3 amide bonds. The maximum Gasteiger partial charge on any atom is 0.261 e. The summed E-state index contributed by atoms with van der Waals surface area (Å²) in [6.07, 6.45) is 0.662. The van der Waals surface area contributed by atoms with Gasteiger partial charge in [0.05, 0.1) is 30.3 Å². The first-order valence-electron chi connectivity index (χ1n) is 10.6. The number of hydrogen-bond donors (Lipinski definition) is 1. The van der Waals surface area contributed by atoms with E-state index in [0.717, 1.165) is 22.4 Å². The second-order valence-electron chi connectivity index (χ2n) is 8.15. The van der Waals surface area contributed by atoms with Crippen molar-refractivity contribution in [2.24, 2.45) is 0 Å². The van der Waals surface area contributed by atoms with Crippen molar-refractivity contribution in [3.05, 3.63) is 100 Å². The van der Waals surface area contributed by atoms with Gasteiger partial charge in [0.15, 0.2) is 0 Å². The number of carbonyl (C=O) groups excluding carboxylic acids is 3. The minimum atomic E-state index is -0.379. The van der Waals surface area contributed by atoms with E-state index in [9.17, 15) is 14.4 Å². The zero-order valence-electron chi connectivity index (χ0n) is 17.6. The van der Waals surface area contributed by atoms with Crippen LogP contribution in [0.3, 0.4) is 0 Å². The highest BCUT2D eigenvalue weighted by atomic mass is 16.5. The third-order valence-electron chi connectivity index (χ3n) is 5.93. The summed E-state index contributed by atoms with van der Waals surface area (Å²) in [6.45, 7) is 2.72. The summed E-state index contributed by atoms with van der Waals surface area (Å²) in [5.41, 5.74) is 3.86. The molecule has 0 bridgehead atoms. The first-order chi connectivity index (χ1) is 15.5. The van der Waals surface area contributed by atoms with Crippen LogP contribution in [0, 0.1) is 6.92 Å². The van der Waals surface area contributed by atoms with Gasteiger partial charge in [-0.25, -0.2) is 0 Å². The predicted molar refractivity (Wildman–Crippen MR) is 119 cm³/mol. The Morgan fingerprint density at radius 2 is 1.78 bits per heavy atom. The maximum absolute atomic E-state index is 13.0. The van der Waals surface area contributed by atoms with Crippen LogP contribution in [0.25, 0.3) is 0 Å². The third-order valence-corrected chi connectivity index (χ3v) is 5.93. The van der Waals surface area contributed by atoms with Gasteiger partial charge in [-0.05, 0) is 36.8 Å². The van der Waals surface area contributed by atoms with Crippen LogP contribution < -0.4 is 10.1 Å². The van der Waals surface area contributed by atoms with Gasteiger partial charge in [0.2, 0.25) is 0 Å². The van der Waals surface area contributed by atoms with Gasteiger partial charge in [0.1, 0.15) is 5.75 Å². The van der Waals surface area contributed by atoms with E-state index in [1.807, 2.05) is 55.5 Å². The lowest BCUT2D eigenvalue weighted by molar-refractivity contribution is 0.0642. The molecule has 1 atom stereocenters. The lowest BCUT2D eigenvalue weighted by atomic mass is 9.98. The Labute approximate surface area is 185 Å². The molecule has 0 saturated carbocycles.